The standard InChI is InChI=1S/C8H14N2/c1-4-10-6-5-9-7-8(10,2)3/h5-7H,4H2,1-3H3. The Bertz CT molecular complexity index is 168. The van der Waals surface area contributed by atoms with Crippen LogP contribution in [-0.4, -0.2) is 23.2 Å². The van der Waals surface area contributed by atoms with Gasteiger partial charge in [0.1, 0.15) is 0 Å². The number of nitrogens with zero attached hydrogens (tertiary/aromatic N) is 2. The molecule has 0 unspecified atom stereocenters. The van der Waals surface area contributed by atoms with E-state index in [0.29, 0.717) is 0 Å². The van der Waals surface area contributed by atoms with Crippen molar-refractivity contribution in [2.75, 3.05) is 6.54 Å². The summed E-state index contributed by atoms with van der Waals surface area (Å²) in [6.07, 6.45) is 5.82. The van der Waals surface area contributed by atoms with Crippen molar-refractivity contribution in [2.45, 2.75) is 26.3 Å². The molecular weight excluding hydrogens is 124 g/mol. The fourth-order valence-corrected chi connectivity index (χ4v) is 1.12. The van der Waals surface area contributed by atoms with Crippen molar-refractivity contribution in [1.29, 1.82) is 0 Å². The average molecular weight is 138 g/mol. The average Bonchev–Trinajstić information content (AvgIpc) is 1.87. The maximum absolute atomic E-state index is 4.08. The maximum Gasteiger partial charge on any atom is 0.0694 e. The van der Waals surface area contributed by atoms with Crippen LogP contribution < -0.4 is 0 Å². The van der Waals surface area contributed by atoms with E-state index >= 15 is 0 Å². The van der Waals surface area contributed by atoms with Crippen LogP contribution in [0.5, 0.6) is 0 Å². The topological polar surface area (TPSA) is 15.6 Å². The van der Waals surface area contributed by atoms with Gasteiger partial charge >= 0.3 is 0 Å². The first-order valence-corrected chi connectivity index (χ1v) is 3.64. The molecule has 0 radical (unpaired) electrons. The molecule has 0 atom stereocenters. The molecule has 0 N–H and O–H groups in total. The zero-order valence-corrected chi connectivity index (χ0v) is 6.83. The van der Waals surface area contributed by atoms with E-state index in [1.165, 1.54) is 0 Å². The zero-order chi connectivity index (χ0) is 7.61. The third-order valence-electron chi connectivity index (χ3n) is 1.80. The van der Waals surface area contributed by atoms with Gasteiger partial charge < -0.3 is 4.90 Å². The van der Waals surface area contributed by atoms with E-state index in [2.05, 4.69) is 30.7 Å². The molecule has 1 heterocycles. The van der Waals surface area contributed by atoms with Crippen LogP contribution >= 0.6 is 0 Å². The molecule has 0 fully saturated rings. The largest absolute Gasteiger partial charge is 0.366 e. The highest BCUT2D eigenvalue weighted by atomic mass is 15.2. The Morgan fingerprint density at radius 3 is 2.60 bits per heavy atom. The van der Waals surface area contributed by atoms with Crippen molar-refractivity contribution in [3.8, 4) is 0 Å². The smallest absolute Gasteiger partial charge is 0.0694 e. The lowest BCUT2D eigenvalue weighted by Crippen LogP contribution is -2.42. The molecule has 56 valence electrons. The second-order valence-corrected chi connectivity index (χ2v) is 3.02. The van der Waals surface area contributed by atoms with E-state index in [9.17, 15) is 0 Å². The van der Waals surface area contributed by atoms with Crippen LogP contribution in [0.2, 0.25) is 0 Å². The van der Waals surface area contributed by atoms with Gasteiger partial charge in [0, 0.05) is 25.2 Å². The molecular formula is C8H14N2. The predicted molar refractivity (Wildman–Crippen MR) is 44.1 cm³/mol. The minimum Gasteiger partial charge on any atom is -0.366 e. The fraction of sp³-hybridized carbons (Fsp3) is 0.625. The lowest BCUT2D eigenvalue weighted by atomic mass is 10.0. The summed E-state index contributed by atoms with van der Waals surface area (Å²) in [5, 5.41) is 0. The van der Waals surface area contributed by atoms with Crippen molar-refractivity contribution < 1.29 is 0 Å². The molecule has 1 aliphatic heterocycles. The maximum atomic E-state index is 4.08. The first-order chi connectivity index (χ1) is 4.67. The van der Waals surface area contributed by atoms with E-state index in [1.54, 1.807) is 0 Å². The van der Waals surface area contributed by atoms with Crippen LogP contribution in [0.4, 0.5) is 0 Å². The monoisotopic (exact) mass is 138 g/mol. The summed E-state index contributed by atoms with van der Waals surface area (Å²) in [6.45, 7) is 7.49. The SMILES string of the molecule is CCN1C=CN=CC1(C)C. The van der Waals surface area contributed by atoms with E-state index in [-0.39, 0.29) is 5.54 Å². The number of aliphatic imine (C=N–C) groups is 1. The molecule has 0 spiro atoms. The van der Waals surface area contributed by atoms with Crippen LogP contribution in [0.25, 0.3) is 0 Å². The van der Waals surface area contributed by atoms with Gasteiger partial charge in [-0.2, -0.15) is 0 Å². The molecule has 0 aromatic rings. The Labute approximate surface area is 62.3 Å². The summed E-state index contributed by atoms with van der Waals surface area (Å²) in [5.74, 6) is 0. The van der Waals surface area contributed by atoms with Crippen LogP contribution in [0, 0.1) is 0 Å². The van der Waals surface area contributed by atoms with Crippen LogP contribution in [0.3, 0.4) is 0 Å². The highest BCUT2D eigenvalue weighted by Gasteiger charge is 2.21. The van der Waals surface area contributed by atoms with E-state index < -0.39 is 0 Å². The van der Waals surface area contributed by atoms with Crippen LogP contribution in [0.15, 0.2) is 17.4 Å². The molecule has 0 saturated carbocycles. The summed E-state index contributed by atoms with van der Waals surface area (Å²) in [6, 6.07) is 0. The first-order valence-electron chi connectivity index (χ1n) is 3.64. The summed E-state index contributed by atoms with van der Waals surface area (Å²) in [7, 11) is 0. The van der Waals surface area contributed by atoms with E-state index in [0.717, 1.165) is 6.54 Å². The molecule has 0 saturated heterocycles. The van der Waals surface area contributed by atoms with Gasteiger partial charge in [-0.1, -0.05) is 0 Å². The zero-order valence-electron chi connectivity index (χ0n) is 6.83. The van der Waals surface area contributed by atoms with Crippen LogP contribution in [0.1, 0.15) is 20.8 Å². The van der Waals surface area contributed by atoms with E-state index in [1.807, 2.05) is 18.6 Å². The molecule has 10 heavy (non-hydrogen) atoms. The third-order valence-corrected chi connectivity index (χ3v) is 1.80. The van der Waals surface area contributed by atoms with Gasteiger partial charge in [-0.3, -0.25) is 4.99 Å². The molecule has 0 aromatic heterocycles. The van der Waals surface area contributed by atoms with Gasteiger partial charge in [0.15, 0.2) is 0 Å². The fourth-order valence-electron chi connectivity index (χ4n) is 1.12. The van der Waals surface area contributed by atoms with Gasteiger partial charge in [-0.25, -0.2) is 0 Å². The molecule has 0 aliphatic carbocycles. The van der Waals surface area contributed by atoms with Gasteiger partial charge in [-0.15, -0.1) is 0 Å². The quantitative estimate of drug-likeness (QED) is 0.538. The number of rotatable bonds is 1. The third kappa shape index (κ3) is 1.20. The van der Waals surface area contributed by atoms with Gasteiger partial charge in [0.25, 0.3) is 0 Å². The molecule has 1 aliphatic rings. The van der Waals surface area contributed by atoms with Crippen molar-refractivity contribution in [2.24, 2.45) is 4.99 Å². The van der Waals surface area contributed by atoms with E-state index in [4.69, 9.17) is 0 Å². The molecule has 2 nitrogen and oxygen atoms in total. The van der Waals surface area contributed by atoms with Crippen molar-refractivity contribution >= 4 is 6.21 Å². The summed E-state index contributed by atoms with van der Waals surface area (Å²) in [5.41, 5.74) is 0.101. The molecule has 1 rings (SSSR count). The lowest BCUT2D eigenvalue weighted by molar-refractivity contribution is 0.270. The minimum absolute atomic E-state index is 0.101. The number of hydrogen-bond donors (Lipinski definition) is 0. The Hall–Kier alpha value is -0.790. The van der Waals surface area contributed by atoms with Gasteiger partial charge in [-0.05, 0) is 20.8 Å². The molecule has 0 amide bonds. The molecule has 0 bridgehead atoms. The Morgan fingerprint density at radius 2 is 2.20 bits per heavy atom. The molecule has 2 heteroatoms. The first kappa shape index (κ1) is 7.32. The minimum atomic E-state index is 0.101. The Kier molecular flexibility index (Phi) is 1.79. The highest BCUT2D eigenvalue weighted by Crippen LogP contribution is 2.14. The Morgan fingerprint density at radius 1 is 1.50 bits per heavy atom. The summed E-state index contributed by atoms with van der Waals surface area (Å²) >= 11 is 0. The van der Waals surface area contributed by atoms with Gasteiger partial charge in [0.05, 0.1) is 5.54 Å². The van der Waals surface area contributed by atoms with Gasteiger partial charge in [0.2, 0.25) is 0 Å². The van der Waals surface area contributed by atoms with Crippen molar-refractivity contribution in [1.82, 2.24) is 4.90 Å². The lowest BCUT2D eigenvalue weighted by Gasteiger charge is -2.35. The second kappa shape index (κ2) is 2.45. The highest BCUT2D eigenvalue weighted by molar-refractivity contribution is 5.70. The Balaban J connectivity index is 2.74. The second-order valence-electron chi connectivity index (χ2n) is 3.02. The van der Waals surface area contributed by atoms with Crippen molar-refractivity contribution in [3.05, 3.63) is 12.4 Å². The normalized spacial score (nSPS) is 21.7. The summed E-state index contributed by atoms with van der Waals surface area (Å²) in [4.78, 5) is 6.33. The van der Waals surface area contributed by atoms with Crippen LogP contribution in [-0.2, 0) is 0 Å². The molecule has 0 aromatic carbocycles. The summed E-state index contributed by atoms with van der Waals surface area (Å²) < 4.78 is 0. The predicted octanol–water partition coefficient (Wildman–Crippen LogP) is 1.64. The number of hydrogen-bond acceptors (Lipinski definition) is 2. The van der Waals surface area contributed by atoms with Crippen molar-refractivity contribution in [3.63, 3.8) is 0 Å².